The van der Waals surface area contributed by atoms with Gasteiger partial charge in [0.15, 0.2) is 11.6 Å². The first-order valence-electron chi connectivity index (χ1n) is 11.6. The van der Waals surface area contributed by atoms with Crippen molar-refractivity contribution in [2.45, 2.75) is 51.4 Å². The van der Waals surface area contributed by atoms with Crippen molar-refractivity contribution in [1.29, 1.82) is 0 Å². The van der Waals surface area contributed by atoms with Gasteiger partial charge in [0.1, 0.15) is 0 Å². The predicted octanol–water partition coefficient (Wildman–Crippen LogP) is 3.41. The maximum Gasteiger partial charge on any atom is 0.187 e. The Hall–Kier alpha value is -2.18. The minimum Gasteiger partial charge on any atom is -0.396 e. The Kier molecular flexibility index (Phi) is 20.2. The van der Waals surface area contributed by atoms with Gasteiger partial charge >= 0.3 is 0 Å². The molecule has 1 radical (unpaired) electrons. The van der Waals surface area contributed by atoms with E-state index >= 15 is 0 Å². The Morgan fingerprint density at radius 3 is 1.30 bits per heavy atom. The number of aliphatic hydroxyl groups is 2. The van der Waals surface area contributed by atoms with Crippen LogP contribution in [0.2, 0.25) is 0 Å². The molecule has 0 aliphatic heterocycles. The van der Waals surface area contributed by atoms with Crippen LogP contribution in [0, 0.1) is 0 Å². The summed E-state index contributed by atoms with van der Waals surface area (Å²) in [6.07, 6.45) is 25.7. The third-order valence-electron chi connectivity index (χ3n) is 4.81. The number of rotatable bonds is 14. The van der Waals surface area contributed by atoms with Gasteiger partial charge in [-0.1, -0.05) is 50.0 Å². The van der Waals surface area contributed by atoms with E-state index in [0.717, 1.165) is 64.5 Å². The molecule has 0 aromatic heterocycles. The minimum absolute atomic E-state index is 0. The first kappa shape index (κ1) is 30.8. The van der Waals surface area contributed by atoms with Crippen LogP contribution in [0.3, 0.4) is 0 Å². The Morgan fingerprint density at radius 1 is 0.576 bits per heavy atom. The van der Waals surface area contributed by atoms with Crippen LogP contribution in [-0.4, -0.2) is 48.1 Å². The van der Waals surface area contributed by atoms with Crippen molar-refractivity contribution in [3.63, 3.8) is 0 Å². The second-order valence-corrected chi connectivity index (χ2v) is 7.55. The van der Waals surface area contributed by atoms with Crippen molar-refractivity contribution in [3.05, 3.63) is 72.2 Å². The second kappa shape index (κ2) is 21.7. The van der Waals surface area contributed by atoms with Gasteiger partial charge < -0.3 is 20.8 Å². The molecule has 6 nitrogen and oxygen atoms in total. The summed E-state index contributed by atoms with van der Waals surface area (Å²) in [5.41, 5.74) is 1.41. The van der Waals surface area contributed by atoms with E-state index in [1.807, 2.05) is 12.2 Å². The van der Waals surface area contributed by atoms with E-state index in [-0.39, 0.29) is 41.8 Å². The van der Waals surface area contributed by atoms with Crippen LogP contribution >= 0.6 is 0 Å². The number of ketones is 2. The van der Waals surface area contributed by atoms with E-state index in [2.05, 4.69) is 10.6 Å². The predicted molar refractivity (Wildman–Crippen MR) is 130 cm³/mol. The molecule has 0 unspecified atom stereocenters. The van der Waals surface area contributed by atoms with Gasteiger partial charge in [-0.15, -0.1) is 0 Å². The second-order valence-electron chi connectivity index (χ2n) is 7.55. The standard InChI is InChI=1S/2C13H19NO2.Cu/c2*15-10-6-2-1-5-9-14-11-12-7-3-4-8-13(12)16;/h2*3-4,7-8,11,14-15H,1-2,5-6,9-10H2;/b2*12-11-;. The first-order valence-corrected chi connectivity index (χ1v) is 11.6. The smallest absolute Gasteiger partial charge is 0.187 e. The summed E-state index contributed by atoms with van der Waals surface area (Å²) < 4.78 is 0. The molecule has 0 saturated carbocycles. The van der Waals surface area contributed by atoms with Crippen LogP contribution in [0.15, 0.2) is 72.2 Å². The molecule has 0 spiro atoms. The van der Waals surface area contributed by atoms with Gasteiger partial charge in [-0.05, 0) is 50.0 Å². The summed E-state index contributed by atoms with van der Waals surface area (Å²) in [4.78, 5) is 22.7. The van der Waals surface area contributed by atoms with E-state index in [1.165, 1.54) is 0 Å². The van der Waals surface area contributed by atoms with Crippen LogP contribution < -0.4 is 10.6 Å². The topological polar surface area (TPSA) is 98.7 Å². The quantitative estimate of drug-likeness (QED) is 0.164. The van der Waals surface area contributed by atoms with Crippen LogP contribution in [0.5, 0.6) is 0 Å². The van der Waals surface area contributed by atoms with Crippen molar-refractivity contribution >= 4 is 11.6 Å². The van der Waals surface area contributed by atoms with Gasteiger partial charge in [-0.3, -0.25) is 9.59 Å². The molecule has 2 aliphatic rings. The zero-order chi connectivity index (χ0) is 23.3. The summed E-state index contributed by atoms with van der Waals surface area (Å²) in [6, 6.07) is 0. The van der Waals surface area contributed by atoms with E-state index in [1.54, 1.807) is 48.9 Å². The van der Waals surface area contributed by atoms with Gasteiger partial charge in [-0.25, -0.2) is 0 Å². The zero-order valence-corrected chi connectivity index (χ0v) is 20.2. The zero-order valence-electron chi connectivity index (χ0n) is 19.3. The van der Waals surface area contributed by atoms with Gasteiger partial charge in [0.25, 0.3) is 0 Å². The maximum absolute atomic E-state index is 11.3. The fourth-order valence-corrected chi connectivity index (χ4v) is 2.95. The number of carbonyl (C=O) groups is 2. The molecule has 0 atom stereocenters. The molecule has 33 heavy (non-hydrogen) atoms. The van der Waals surface area contributed by atoms with Crippen LogP contribution in [0.1, 0.15) is 51.4 Å². The Bertz CT molecular complexity index is 675. The van der Waals surface area contributed by atoms with Crippen molar-refractivity contribution in [2.75, 3.05) is 26.3 Å². The molecule has 7 heteroatoms. The van der Waals surface area contributed by atoms with Gasteiger partial charge in [0.05, 0.1) is 0 Å². The van der Waals surface area contributed by atoms with Gasteiger partial charge in [0, 0.05) is 66.9 Å². The molecule has 0 aromatic carbocycles. The van der Waals surface area contributed by atoms with Crippen molar-refractivity contribution in [1.82, 2.24) is 10.6 Å². The fourth-order valence-electron chi connectivity index (χ4n) is 2.95. The van der Waals surface area contributed by atoms with Gasteiger partial charge in [0.2, 0.25) is 0 Å². The van der Waals surface area contributed by atoms with Crippen LogP contribution in [0.25, 0.3) is 0 Å². The van der Waals surface area contributed by atoms with Crippen molar-refractivity contribution in [3.8, 4) is 0 Å². The average Bonchev–Trinajstić information content (AvgIpc) is 2.80. The number of allylic oxidation sites excluding steroid dienone is 10. The summed E-state index contributed by atoms with van der Waals surface area (Å²) in [7, 11) is 0. The molecule has 0 saturated heterocycles. The molecular formula is C26H38CuN2O4. The average molecular weight is 506 g/mol. The normalized spacial score (nSPS) is 16.5. The van der Waals surface area contributed by atoms with Crippen LogP contribution in [-0.2, 0) is 26.7 Å². The third-order valence-corrected chi connectivity index (χ3v) is 4.81. The van der Waals surface area contributed by atoms with Gasteiger partial charge in [-0.2, -0.15) is 0 Å². The largest absolute Gasteiger partial charge is 0.396 e. The number of hydrogen-bond acceptors (Lipinski definition) is 6. The number of carbonyl (C=O) groups excluding carboxylic acids is 2. The summed E-state index contributed by atoms with van der Waals surface area (Å²) >= 11 is 0. The molecule has 2 rings (SSSR count). The first-order chi connectivity index (χ1) is 15.7. The number of aliphatic hydroxyl groups excluding tert-OH is 2. The molecule has 0 aromatic rings. The number of unbranched alkanes of at least 4 members (excludes halogenated alkanes) is 6. The maximum atomic E-state index is 11.3. The molecule has 4 N–H and O–H groups in total. The van der Waals surface area contributed by atoms with Crippen molar-refractivity contribution in [2.24, 2.45) is 0 Å². The monoisotopic (exact) mass is 505 g/mol. The molecule has 2 aliphatic carbocycles. The van der Waals surface area contributed by atoms with Crippen molar-refractivity contribution < 1.29 is 36.9 Å². The Balaban J connectivity index is 0.000000602. The van der Waals surface area contributed by atoms with Crippen LogP contribution in [0.4, 0.5) is 0 Å². The summed E-state index contributed by atoms with van der Waals surface area (Å²) in [6.45, 7) is 2.31. The SMILES string of the molecule is O=C1C=CC=C/C1=C/NCCCCCCO.O=C1C=CC=C/C1=C/NCCCCCCO.[Cu]. The molecule has 187 valence electrons. The Morgan fingerprint density at radius 2 is 0.939 bits per heavy atom. The molecule has 0 amide bonds. The molecule has 0 fully saturated rings. The molecule has 0 bridgehead atoms. The molecular weight excluding hydrogens is 468 g/mol. The van der Waals surface area contributed by atoms with E-state index in [4.69, 9.17) is 10.2 Å². The fraction of sp³-hybridized carbons (Fsp3) is 0.462. The Labute approximate surface area is 208 Å². The summed E-state index contributed by atoms with van der Waals surface area (Å²) in [5.74, 6) is 0.102. The number of nitrogens with one attached hydrogen (secondary N) is 2. The van der Waals surface area contributed by atoms with E-state index in [9.17, 15) is 9.59 Å². The number of hydrogen-bond donors (Lipinski definition) is 4. The minimum atomic E-state index is 0. The third kappa shape index (κ3) is 16.1. The summed E-state index contributed by atoms with van der Waals surface area (Å²) in [5, 5.41) is 23.4. The molecule has 0 heterocycles. The van der Waals surface area contributed by atoms with E-state index < -0.39 is 0 Å². The van der Waals surface area contributed by atoms with E-state index in [0.29, 0.717) is 11.1 Å².